The lowest BCUT2D eigenvalue weighted by Gasteiger charge is -2.26. The first-order valence-corrected chi connectivity index (χ1v) is 7.54. The van der Waals surface area contributed by atoms with Crippen molar-refractivity contribution in [3.05, 3.63) is 24.3 Å². The van der Waals surface area contributed by atoms with Gasteiger partial charge in [0.25, 0.3) is 0 Å². The van der Waals surface area contributed by atoms with Crippen LogP contribution in [-0.4, -0.2) is 51.0 Å². The van der Waals surface area contributed by atoms with E-state index in [0.29, 0.717) is 0 Å². The fraction of sp³-hybridized carbons (Fsp3) is 0.625. The van der Waals surface area contributed by atoms with Crippen LogP contribution < -0.4 is 9.47 Å². The zero-order valence-electron chi connectivity index (χ0n) is 12.8. The second-order valence-corrected chi connectivity index (χ2v) is 4.98. The summed E-state index contributed by atoms with van der Waals surface area (Å²) in [5.74, 6) is 1.82. The van der Waals surface area contributed by atoms with Gasteiger partial charge in [-0.25, -0.2) is 0 Å². The van der Waals surface area contributed by atoms with Crippen LogP contribution in [0.5, 0.6) is 11.5 Å². The Labute approximate surface area is 133 Å². The highest BCUT2D eigenvalue weighted by Crippen LogP contribution is 2.17. The van der Waals surface area contributed by atoms with E-state index >= 15 is 0 Å². The van der Waals surface area contributed by atoms with Gasteiger partial charge in [-0.15, -0.1) is 12.4 Å². The Kier molecular flexibility index (Phi) is 9.22. The van der Waals surface area contributed by atoms with Crippen LogP contribution in [0.1, 0.15) is 19.8 Å². The molecule has 0 N–H and O–H groups in total. The van der Waals surface area contributed by atoms with E-state index < -0.39 is 0 Å². The van der Waals surface area contributed by atoms with Crippen LogP contribution in [-0.2, 0) is 4.74 Å². The van der Waals surface area contributed by atoms with Gasteiger partial charge in [0.05, 0.1) is 19.8 Å². The fourth-order valence-electron chi connectivity index (χ4n) is 2.08. The first-order valence-electron chi connectivity index (χ1n) is 7.54. The molecule has 0 atom stereocenters. The summed E-state index contributed by atoms with van der Waals surface area (Å²) in [5, 5.41) is 0. The van der Waals surface area contributed by atoms with Gasteiger partial charge in [-0.05, 0) is 30.7 Å². The summed E-state index contributed by atoms with van der Waals surface area (Å²) in [4.78, 5) is 2.37. The molecule has 0 saturated carbocycles. The minimum atomic E-state index is 0. The first-order chi connectivity index (χ1) is 9.88. The average Bonchev–Trinajstić information content (AvgIpc) is 2.50. The predicted molar refractivity (Wildman–Crippen MR) is 86.8 cm³/mol. The fourth-order valence-corrected chi connectivity index (χ4v) is 2.08. The summed E-state index contributed by atoms with van der Waals surface area (Å²) in [6.07, 6.45) is 2.25. The van der Waals surface area contributed by atoms with Crippen LogP contribution in [0.15, 0.2) is 24.3 Å². The molecule has 120 valence electrons. The van der Waals surface area contributed by atoms with Crippen molar-refractivity contribution in [3.63, 3.8) is 0 Å². The second kappa shape index (κ2) is 10.7. The Morgan fingerprint density at radius 2 is 1.57 bits per heavy atom. The lowest BCUT2D eigenvalue weighted by atomic mass is 10.3. The van der Waals surface area contributed by atoms with Crippen molar-refractivity contribution in [2.24, 2.45) is 0 Å². The molecule has 0 radical (unpaired) electrons. The van der Waals surface area contributed by atoms with Crippen molar-refractivity contribution in [1.29, 1.82) is 0 Å². The second-order valence-electron chi connectivity index (χ2n) is 4.98. The molecule has 2 rings (SSSR count). The van der Waals surface area contributed by atoms with E-state index in [0.717, 1.165) is 70.4 Å². The number of nitrogens with zero attached hydrogens (tertiary/aromatic N) is 1. The van der Waals surface area contributed by atoms with E-state index in [1.807, 2.05) is 24.3 Å². The van der Waals surface area contributed by atoms with Crippen LogP contribution in [0, 0.1) is 0 Å². The molecule has 0 bridgehead atoms. The quantitative estimate of drug-likeness (QED) is 0.690. The normalized spacial score (nSPS) is 15.3. The van der Waals surface area contributed by atoms with Crippen molar-refractivity contribution in [3.8, 4) is 11.5 Å². The zero-order chi connectivity index (χ0) is 14.0. The molecule has 1 aliphatic rings. The maximum Gasteiger partial charge on any atom is 0.119 e. The van der Waals surface area contributed by atoms with Gasteiger partial charge >= 0.3 is 0 Å². The number of hydrogen-bond donors (Lipinski definition) is 0. The third kappa shape index (κ3) is 7.02. The lowest BCUT2D eigenvalue weighted by molar-refractivity contribution is 0.0322. The molecule has 1 aliphatic heterocycles. The Balaban J connectivity index is 0.00000220. The van der Waals surface area contributed by atoms with E-state index in [-0.39, 0.29) is 12.4 Å². The summed E-state index contributed by atoms with van der Waals surface area (Å²) in [5.41, 5.74) is 0. The van der Waals surface area contributed by atoms with Gasteiger partial charge in [-0.1, -0.05) is 13.3 Å². The molecule has 4 nitrogen and oxygen atoms in total. The molecule has 5 heteroatoms. The van der Waals surface area contributed by atoms with Gasteiger partial charge in [0, 0.05) is 19.6 Å². The maximum absolute atomic E-state index is 5.75. The smallest absolute Gasteiger partial charge is 0.119 e. The lowest BCUT2D eigenvalue weighted by Crippen LogP contribution is -2.38. The Bertz CT molecular complexity index is 366. The highest BCUT2D eigenvalue weighted by atomic mass is 35.5. The number of morpholine rings is 1. The Morgan fingerprint density at radius 3 is 2.14 bits per heavy atom. The van der Waals surface area contributed by atoms with E-state index in [4.69, 9.17) is 14.2 Å². The average molecular weight is 316 g/mol. The largest absolute Gasteiger partial charge is 0.494 e. The molecule has 0 aliphatic carbocycles. The van der Waals surface area contributed by atoms with Crippen LogP contribution >= 0.6 is 12.4 Å². The number of hydrogen-bond acceptors (Lipinski definition) is 4. The number of halogens is 1. The van der Waals surface area contributed by atoms with E-state index in [1.165, 1.54) is 0 Å². The highest BCUT2D eigenvalue weighted by molar-refractivity contribution is 5.85. The molecule has 1 aromatic carbocycles. The van der Waals surface area contributed by atoms with E-state index in [2.05, 4.69) is 11.8 Å². The van der Waals surface area contributed by atoms with Crippen molar-refractivity contribution in [2.75, 3.05) is 46.1 Å². The third-order valence-electron chi connectivity index (χ3n) is 3.37. The molecule has 0 aromatic heterocycles. The monoisotopic (exact) mass is 315 g/mol. The minimum Gasteiger partial charge on any atom is -0.494 e. The number of unbranched alkanes of at least 4 members (excludes halogenated alkanes) is 1. The zero-order valence-corrected chi connectivity index (χ0v) is 13.6. The molecule has 1 saturated heterocycles. The van der Waals surface area contributed by atoms with Crippen molar-refractivity contribution in [2.45, 2.75) is 19.8 Å². The first kappa shape index (κ1) is 18.1. The third-order valence-corrected chi connectivity index (χ3v) is 3.37. The SMILES string of the molecule is CCCCOc1ccc(OCCN2CCOCC2)cc1.Cl. The molecule has 0 spiro atoms. The van der Waals surface area contributed by atoms with Gasteiger partial charge in [0.2, 0.25) is 0 Å². The summed E-state index contributed by atoms with van der Waals surface area (Å²) in [6, 6.07) is 7.89. The molecule has 0 unspecified atom stereocenters. The van der Waals surface area contributed by atoms with Gasteiger partial charge < -0.3 is 14.2 Å². The number of ether oxygens (including phenoxy) is 3. The molecule has 1 heterocycles. The van der Waals surface area contributed by atoms with Crippen LogP contribution in [0.4, 0.5) is 0 Å². The molecular formula is C16H26ClNO3. The van der Waals surface area contributed by atoms with Crippen LogP contribution in [0.2, 0.25) is 0 Å². The standard InChI is InChI=1S/C16H25NO3.ClH/c1-2-3-11-19-15-4-6-16(7-5-15)20-14-10-17-8-12-18-13-9-17;/h4-7H,2-3,8-14H2,1H3;1H. The number of benzene rings is 1. The van der Waals surface area contributed by atoms with Gasteiger partial charge in [0.15, 0.2) is 0 Å². The molecule has 1 aromatic rings. The Morgan fingerprint density at radius 1 is 1.00 bits per heavy atom. The molecular weight excluding hydrogens is 290 g/mol. The van der Waals surface area contributed by atoms with Crippen molar-refractivity contribution < 1.29 is 14.2 Å². The van der Waals surface area contributed by atoms with E-state index in [9.17, 15) is 0 Å². The van der Waals surface area contributed by atoms with Gasteiger partial charge in [-0.3, -0.25) is 4.90 Å². The summed E-state index contributed by atoms with van der Waals surface area (Å²) >= 11 is 0. The molecule has 1 fully saturated rings. The van der Waals surface area contributed by atoms with Gasteiger partial charge in [-0.2, -0.15) is 0 Å². The Hall–Kier alpha value is -0.970. The molecule has 21 heavy (non-hydrogen) atoms. The topological polar surface area (TPSA) is 30.9 Å². The highest BCUT2D eigenvalue weighted by Gasteiger charge is 2.09. The van der Waals surface area contributed by atoms with Crippen LogP contribution in [0.25, 0.3) is 0 Å². The van der Waals surface area contributed by atoms with Crippen molar-refractivity contribution in [1.82, 2.24) is 4.90 Å². The predicted octanol–water partition coefficient (Wildman–Crippen LogP) is 3.00. The summed E-state index contributed by atoms with van der Waals surface area (Å²) < 4.78 is 16.7. The minimum absolute atomic E-state index is 0. The van der Waals surface area contributed by atoms with E-state index in [1.54, 1.807) is 0 Å². The summed E-state index contributed by atoms with van der Waals surface area (Å²) in [7, 11) is 0. The number of rotatable bonds is 8. The maximum atomic E-state index is 5.75. The van der Waals surface area contributed by atoms with Crippen LogP contribution in [0.3, 0.4) is 0 Å². The van der Waals surface area contributed by atoms with Gasteiger partial charge in [0.1, 0.15) is 18.1 Å². The summed E-state index contributed by atoms with van der Waals surface area (Å²) in [6.45, 7) is 8.31. The molecule has 0 amide bonds. The van der Waals surface area contributed by atoms with Crippen molar-refractivity contribution >= 4 is 12.4 Å².